The van der Waals surface area contributed by atoms with Crippen molar-refractivity contribution in [1.29, 1.82) is 0 Å². The molecule has 5 nitrogen and oxygen atoms in total. The van der Waals surface area contributed by atoms with E-state index in [9.17, 15) is 18.3 Å². The van der Waals surface area contributed by atoms with Crippen molar-refractivity contribution in [2.24, 2.45) is 0 Å². The van der Waals surface area contributed by atoms with Gasteiger partial charge in [-0.1, -0.05) is 12.1 Å². The summed E-state index contributed by atoms with van der Waals surface area (Å²) >= 11 is 0. The fourth-order valence-corrected chi connectivity index (χ4v) is 1.90. The van der Waals surface area contributed by atoms with Gasteiger partial charge in [0.15, 0.2) is 5.82 Å². The number of aryl methyl sites for hydroxylation is 1. The van der Waals surface area contributed by atoms with Crippen molar-refractivity contribution in [2.75, 3.05) is 7.11 Å². The first kappa shape index (κ1) is 15.3. The lowest BCUT2D eigenvalue weighted by atomic mass is 10.1. The Kier molecular flexibility index (Phi) is 4.17. The molecular weight excluding hydrogens is 287 g/mol. The van der Waals surface area contributed by atoms with Gasteiger partial charge in [0.2, 0.25) is 0 Å². The van der Waals surface area contributed by atoms with Crippen molar-refractivity contribution in [3.8, 4) is 5.75 Å². The number of hydrogen-bond acceptors (Lipinski definition) is 4. The van der Waals surface area contributed by atoms with Crippen LogP contribution in [-0.2, 0) is 6.54 Å². The summed E-state index contributed by atoms with van der Waals surface area (Å²) in [7, 11) is 1.49. The van der Waals surface area contributed by atoms with E-state index < -0.39 is 18.8 Å². The molecule has 0 aliphatic rings. The lowest BCUT2D eigenvalue weighted by Crippen LogP contribution is -2.22. The van der Waals surface area contributed by atoms with Gasteiger partial charge in [0.1, 0.15) is 24.2 Å². The standard InChI is InChI=1S/C13H14F3N3O2/c1-8-17-12(19(18-8)7-13(14,15)16)11(20)9-3-5-10(21-2)6-4-9/h3-6,11,20H,7H2,1-2H3. The minimum absolute atomic E-state index is 0.144. The first-order chi connectivity index (χ1) is 9.80. The molecule has 1 aromatic carbocycles. The Balaban J connectivity index is 2.31. The van der Waals surface area contributed by atoms with Gasteiger partial charge in [0.25, 0.3) is 0 Å². The molecule has 0 radical (unpaired) electrons. The lowest BCUT2D eigenvalue weighted by molar-refractivity contribution is -0.143. The van der Waals surface area contributed by atoms with E-state index in [0.717, 1.165) is 0 Å². The van der Waals surface area contributed by atoms with Gasteiger partial charge >= 0.3 is 6.18 Å². The van der Waals surface area contributed by atoms with Crippen molar-refractivity contribution in [3.63, 3.8) is 0 Å². The number of alkyl halides is 3. The second kappa shape index (κ2) is 5.72. The molecule has 114 valence electrons. The number of nitrogens with zero attached hydrogens (tertiary/aromatic N) is 3. The monoisotopic (exact) mass is 301 g/mol. The van der Waals surface area contributed by atoms with Gasteiger partial charge in [-0.15, -0.1) is 0 Å². The van der Waals surface area contributed by atoms with Gasteiger partial charge in [-0.25, -0.2) is 9.67 Å². The highest BCUT2D eigenvalue weighted by Crippen LogP contribution is 2.25. The molecule has 1 unspecified atom stereocenters. The maximum absolute atomic E-state index is 12.5. The Bertz CT molecular complexity index is 608. The number of aliphatic hydroxyl groups is 1. The van der Waals surface area contributed by atoms with Crippen molar-refractivity contribution in [1.82, 2.24) is 14.8 Å². The van der Waals surface area contributed by atoms with Crippen LogP contribution in [0.3, 0.4) is 0 Å². The van der Waals surface area contributed by atoms with Gasteiger partial charge in [-0.3, -0.25) is 0 Å². The van der Waals surface area contributed by atoms with Crippen molar-refractivity contribution in [3.05, 3.63) is 41.5 Å². The zero-order chi connectivity index (χ0) is 15.6. The predicted octanol–water partition coefficient (Wildman–Crippen LogP) is 2.24. The zero-order valence-corrected chi connectivity index (χ0v) is 11.4. The molecule has 1 N–H and O–H groups in total. The van der Waals surface area contributed by atoms with Gasteiger partial charge in [0, 0.05) is 0 Å². The number of aliphatic hydroxyl groups excluding tert-OH is 1. The average molecular weight is 301 g/mol. The second-order valence-corrected chi connectivity index (χ2v) is 4.47. The summed E-state index contributed by atoms with van der Waals surface area (Å²) < 4.78 is 43.2. The smallest absolute Gasteiger partial charge is 0.408 e. The van der Waals surface area contributed by atoms with Crippen LogP contribution in [0.1, 0.15) is 23.3 Å². The van der Waals surface area contributed by atoms with Crippen LogP contribution in [-0.4, -0.2) is 33.2 Å². The SMILES string of the molecule is COc1ccc(C(O)c2nc(C)nn2CC(F)(F)F)cc1. The molecule has 0 amide bonds. The highest BCUT2D eigenvalue weighted by atomic mass is 19.4. The fourth-order valence-electron chi connectivity index (χ4n) is 1.90. The molecule has 2 rings (SSSR count). The van der Waals surface area contributed by atoms with Crippen molar-refractivity contribution < 1.29 is 23.0 Å². The molecular formula is C13H14F3N3O2. The number of benzene rings is 1. The van der Waals surface area contributed by atoms with Crippen LogP contribution in [0.4, 0.5) is 13.2 Å². The number of hydrogen-bond donors (Lipinski definition) is 1. The highest BCUT2D eigenvalue weighted by Gasteiger charge is 2.31. The van der Waals surface area contributed by atoms with Crippen LogP contribution in [0.5, 0.6) is 5.75 Å². The van der Waals surface area contributed by atoms with Crippen LogP contribution in [0.25, 0.3) is 0 Å². The van der Waals surface area contributed by atoms with Gasteiger partial charge < -0.3 is 9.84 Å². The van der Waals surface area contributed by atoms with Crippen LogP contribution in [0.2, 0.25) is 0 Å². The number of rotatable bonds is 4. The van der Waals surface area contributed by atoms with Crippen LogP contribution < -0.4 is 4.74 Å². The van der Waals surface area contributed by atoms with E-state index in [0.29, 0.717) is 16.0 Å². The van der Waals surface area contributed by atoms with E-state index >= 15 is 0 Å². The van der Waals surface area contributed by atoms with Crippen molar-refractivity contribution in [2.45, 2.75) is 25.7 Å². The van der Waals surface area contributed by atoms with E-state index in [-0.39, 0.29) is 11.6 Å². The quantitative estimate of drug-likeness (QED) is 0.941. The molecule has 0 spiro atoms. The van der Waals surface area contributed by atoms with Crippen LogP contribution >= 0.6 is 0 Å². The number of methoxy groups -OCH3 is 1. The highest BCUT2D eigenvalue weighted by molar-refractivity contribution is 5.30. The maximum Gasteiger partial charge on any atom is 0.408 e. The summed E-state index contributed by atoms with van der Waals surface area (Å²) in [5, 5.41) is 13.9. The Morgan fingerprint density at radius 2 is 1.90 bits per heavy atom. The van der Waals surface area contributed by atoms with E-state index in [2.05, 4.69) is 10.1 Å². The fraction of sp³-hybridized carbons (Fsp3) is 0.385. The molecule has 0 saturated carbocycles. The molecule has 1 aromatic heterocycles. The first-order valence-corrected chi connectivity index (χ1v) is 6.10. The molecule has 0 aliphatic carbocycles. The first-order valence-electron chi connectivity index (χ1n) is 6.10. The molecule has 2 aromatic rings. The van der Waals surface area contributed by atoms with E-state index in [1.807, 2.05) is 0 Å². The summed E-state index contributed by atoms with van der Waals surface area (Å²) in [5.41, 5.74) is 0.409. The minimum Gasteiger partial charge on any atom is -0.497 e. The topological polar surface area (TPSA) is 60.2 Å². The second-order valence-electron chi connectivity index (χ2n) is 4.47. The summed E-state index contributed by atoms with van der Waals surface area (Å²) in [6.45, 7) is 0.174. The lowest BCUT2D eigenvalue weighted by Gasteiger charge is -2.14. The minimum atomic E-state index is -4.44. The Hall–Kier alpha value is -2.09. The van der Waals surface area contributed by atoms with E-state index in [1.165, 1.54) is 14.0 Å². The normalized spacial score (nSPS) is 13.2. The third-order valence-electron chi connectivity index (χ3n) is 2.81. The molecule has 1 heterocycles. The molecule has 1 atom stereocenters. The Morgan fingerprint density at radius 1 is 1.29 bits per heavy atom. The summed E-state index contributed by atoms with van der Waals surface area (Å²) in [5.74, 6) is 0.607. The Morgan fingerprint density at radius 3 is 2.43 bits per heavy atom. The maximum atomic E-state index is 12.5. The van der Waals surface area contributed by atoms with Gasteiger partial charge in [0.05, 0.1) is 7.11 Å². The number of ether oxygens (including phenoxy) is 1. The van der Waals surface area contributed by atoms with Gasteiger partial charge in [-0.2, -0.15) is 18.3 Å². The van der Waals surface area contributed by atoms with E-state index in [1.54, 1.807) is 24.3 Å². The summed E-state index contributed by atoms with van der Waals surface area (Å²) in [4.78, 5) is 3.88. The predicted molar refractivity (Wildman–Crippen MR) is 67.9 cm³/mol. The van der Waals surface area contributed by atoms with Crippen LogP contribution in [0, 0.1) is 6.92 Å². The van der Waals surface area contributed by atoms with Crippen molar-refractivity contribution >= 4 is 0 Å². The average Bonchev–Trinajstić information content (AvgIpc) is 2.76. The zero-order valence-electron chi connectivity index (χ0n) is 11.4. The molecule has 0 fully saturated rings. The number of halogens is 3. The van der Waals surface area contributed by atoms with Crippen LogP contribution in [0.15, 0.2) is 24.3 Å². The number of aromatic nitrogens is 3. The van der Waals surface area contributed by atoms with E-state index in [4.69, 9.17) is 4.74 Å². The molecule has 0 aliphatic heterocycles. The molecule has 0 bridgehead atoms. The summed E-state index contributed by atoms with van der Waals surface area (Å²) in [6, 6.07) is 6.34. The molecule has 21 heavy (non-hydrogen) atoms. The largest absolute Gasteiger partial charge is 0.497 e. The summed E-state index contributed by atoms with van der Waals surface area (Å²) in [6.07, 6.45) is -5.73. The third kappa shape index (κ3) is 3.72. The van der Waals surface area contributed by atoms with Gasteiger partial charge in [-0.05, 0) is 24.6 Å². The third-order valence-corrected chi connectivity index (χ3v) is 2.81. The molecule has 8 heteroatoms. The molecule has 0 saturated heterocycles. The Labute approximate surface area is 119 Å².